The van der Waals surface area contributed by atoms with Crippen LogP contribution in [-0.2, 0) is 4.43 Å². The average molecular weight is 286 g/mol. The van der Waals surface area contributed by atoms with E-state index in [1.807, 2.05) is 0 Å². The summed E-state index contributed by atoms with van der Waals surface area (Å²) in [5, 5.41) is 3.55. The van der Waals surface area contributed by atoms with Gasteiger partial charge in [0.05, 0.1) is 0 Å². The largest absolute Gasteiger partial charge is 0.417 e. The minimum Gasteiger partial charge on any atom is -0.417 e. The van der Waals surface area contributed by atoms with Crippen LogP contribution in [0.25, 0.3) is 10.4 Å². The molecule has 4 nitrogen and oxygen atoms in total. The monoisotopic (exact) mass is 285 g/mol. The van der Waals surface area contributed by atoms with E-state index >= 15 is 0 Å². The van der Waals surface area contributed by atoms with Gasteiger partial charge in [0.25, 0.3) is 0 Å². The number of rotatable bonds is 13. The molecule has 0 spiro atoms. The highest BCUT2D eigenvalue weighted by molar-refractivity contribution is 6.73. The van der Waals surface area contributed by atoms with Crippen LogP contribution in [0.2, 0.25) is 18.1 Å². The molecule has 0 N–H and O–H groups in total. The van der Waals surface area contributed by atoms with Gasteiger partial charge in [0, 0.05) is 18.1 Å². The van der Waals surface area contributed by atoms with Crippen LogP contribution in [0.5, 0.6) is 0 Å². The Kier molecular flexibility index (Phi) is 12.2. The Bertz CT molecular complexity index is 251. The summed E-state index contributed by atoms with van der Waals surface area (Å²) in [6, 6.07) is 3.83. The highest BCUT2D eigenvalue weighted by Crippen LogP contribution is 2.25. The molecule has 0 fully saturated rings. The predicted molar refractivity (Wildman–Crippen MR) is 84.9 cm³/mol. The van der Waals surface area contributed by atoms with Gasteiger partial charge in [0.1, 0.15) is 0 Å². The third-order valence-electron chi connectivity index (χ3n) is 3.94. The lowest BCUT2D eigenvalue weighted by atomic mass is 10.1. The number of unbranched alkanes of at least 4 members (excludes halogenated alkanes) is 5. The molecule has 0 aliphatic carbocycles. The van der Waals surface area contributed by atoms with Crippen molar-refractivity contribution in [3.05, 3.63) is 10.4 Å². The molecular formula is C14H31N3OSi. The molecule has 0 heterocycles. The van der Waals surface area contributed by atoms with Crippen LogP contribution in [0.4, 0.5) is 0 Å². The average Bonchev–Trinajstić information content (AvgIpc) is 2.44. The van der Waals surface area contributed by atoms with Gasteiger partial charge in [0.2, 0.25) is 0 Å². The lowest BCUT2D eigenvalue weighted by Crippen LogP contribution is -2.36. The zero-order valence-electron chi connectivity index (χ0n) is 13.0. The van der Waals surface area contributed by atoms with Crippen LogP contribution in [0.1, 0.15) is 59.3 Å². The molecule has 0 aromatic heterocycles. The smallest absolute Gasteiger partial charge is 0.192 e. The van der Waals surface area contributed by atoms with E-state index in [-0.39, 0.29) is 0 Å². The molecule has 0 unspecified atom stereocenters. The summed E-state index contributed by atoms with van der Waals surface area (Å²) >= 11 is 0. The van der Waals surface area contributed by atoms with Gasteiger partial charge in [-0.15, -0.1) is 0 Å². The maximum absolute atomic E-state index is 8.16. The molecule has 0 aliphatic rings. The van der Waals surface area contributed by atoms with Crippen molar-refractivity contribution in [3.8, 4) is 0 Å². The Labute approximate surface area is 119 Å². The fourth-order valence-electron chi connectivity index (χ4n) is 2.57. The van der Waals surface area contributed by atoms with Crippen molar-refractivity contribution in [3.63, 3.8) is 0 Å². The van der Waals surface area contributed by atoms with E-state index in [2.05, 4.69) is 30.8 Å². The molecule has 0 aromatic rings. The van der Waals surface area contributed by atoms with Crippen LogP contribution < -0.4 is 0 Å². The van der Waals surface area contributed by atoms with Crippen molar-refractivity contribution in [1.29, 1.82) is 0 Å². The zero-order valence-corrected chi connectivity index (χ0v) is 14.0. The first-order valence-corrected chi connectivity index (χ1v) is 10.4. The van der Waals surface area contributed by atoms with Crippen molar-refractivity contribution >= 4 is 8.32 Å². The predicted octanol–water partition coefficient (Wildman–Crippen LogP) is 5.66. The Morgan fingerprint density at radius 3 is 2.05 bits per heavy atom. The van der Waals surface area contributed by atoms with E-state index in [9.17, 15) is 0 Å². The first kappa shape index (κ1) is 18.5. The number of nitrogens with zero attached hydrogens (tertiary/aromatic N) is 3. The fraction of sp³-hybridized carbons (Fsp3) is 1.00. The summed E-state index contributed by atoms with van der Waals surface area (Å²) in [6.07, 6.45) is 7.44. The van der Waals surface area contributed by atoms with Gasteiger partial charge in [-0.1, -0.05) is 51.1 Å². The van der Waals surface area contributed by atoms with E-state index in [4.69, 9.17) is 9.96 Å². The van der Waals surface area contributed by atoms with Crippen molar-refractivity contribution < 1.29 is 4.43 Å². The fourth-order valence-corrected chi connectivity index (χ4v) is 5.83. The van der Waals surface area contributed by atoms with Crippen LogP contribution in [0.15, 0.2) is 5.11 Å². The summed E-state index contributed by atoms with van der Waals surface area (Å²) in [6.45, 7) is 8.24. The Balaban J connectivity index is 3.57. The molecule has 112 valence electrons. The number of hydrogen-bond acceptors (Lipinski definition) is 2. The van der Waals surface area contributed by atoms with Crippen LogP contribution in [0.3, 0.4) is 0 Å². The molecule has 5 heteroatoms. The highest BCUT2D eigenvalue weighted by Gasteiger charge is 2.29. The minimum absolute atomic E-state index is 0.655. The number of hydrogen-bond donors (Lipinski definition) is 0. The minimum atomic E-state index is -1.38. The first-order chi connectivity index (χ1) is 9.24. The van der Waals surface area contributed by atoms with E-state index in [0.29, 0.717) is 6.54 Å². The molecule has 0 amide bonds. The summed E-state index contributed by atoms with van der Waals surface area (Å²) in [5.41, 5.74) is 8.16. The second-order valence-electron chi connectivity index (χ2n) is 5.15. The summed E-state index contributed by atoms with van der Waals surface area (Å²) < 4.78 is 6.09. The van der Waals surface area contributed by atoms with Crippen LogP contribution in [-0.4, -0.2) is 21.5 Å². The molecule has 0 saturated carbocycles. The zero-order chi connectivity index (χ0) is 14.4. The molecule has 0 bridgehead atoms. The van der Waals surface area contributed by atoms with Crippen molar-refractivity contribution in [2.45, 2.75) is 77.4 Å². The molecular weight excluding hydrogens is 254 g/mol. The topological polar surface area (TPSA) is 58.0 Å². The SMILES string of the molecule is CCO[Si](CC)(CC)CCCCCCCCN=[N+]=[N-]. The van der Waals surface area contributed by atoms with Gasteiger partial charge < -0.3 is 4.43 Å². The van der Waals surface area contributed by atoms with Gasteiger partial charge in [-0.2, -0.15) is 0 Å². The molecule has 19 heavy (non-hydrogen) atoms. The van der Waals surface area contributed by atoms with Gasteiger partial charge in [-0.25, -0.2) is 0 Å². The van der Waals surface area contributed by atoms with Gasteiger partial charge in [-0.3, -0.25) is 0 Å². The van der Waals surface area contributed by atoms with E-state index < -0.39 is 8.32 Å². The lowest BCUT2D eigenvalue weighted by molar-refractivity contribution is 0.318. The maximum atomic E-state index is 8.16. The van der Waals surface area contributed by atoms with Crippen molar-refractivity contribution in [2.24, 2.45) is 5.11 Å². The van der Waals surface area contributed by atoms with Crippen LogP contribution >= 0.6 is 0 Å². The molecule has 0 aliphatic heterocycles. The van der Waals surface area contributed by atoms with Crippen molar-refractivity contribution in [1.82, 2.24) is 0 Å². The molecule has 0 atom stereocenters. The van der Waals surface area contributed by atoms with E-state index in [0.717, 1.165) is 13.0 Å². The highest BCUT2D eigenvalue weighted by atomic mass is 28.4. The third-order valence-corrected chi connectivity index (χ3v) is 8.69. The van der Waals surface area contributed by atoms with Crippen molar-refractivity contribution in [2.75, 3.05) is 13.2 Å². The summed E-state index contributed by atoms with van der Waals surface area (Å²) in [7, 11) is -1.38. The second kappa shape index (κ2) is 12.5. The Morgan fingerprint density at radius 1 is 0.947 bits per heavy atom. The molecule has 0 radical (unpaired) electrons. The standard InChI is InChI=1S/C14H31N3OSi/c1-4-18-19(5-2,6-3)14-12-10-8-7-9-11-13-16-17-15/h4-14H2,1-3H3. The van der Waals surface area contributed by atoms with Gasteiger partial charge in [0.15, 0.2) is 8.32 Å². The summed E-state index contributed by atoms with van der Waals surface area (Å²) in [4.78, 5) is 2.76. The number of azide groups is 1. The second-order valence-corrected chi connectivity index (χ2v) is 9.72. The normalized spacial score (nSPS) is 11.3. The van der Waals surface area contributed by atoms with E-state index in [1.54, 1.807) is 0 Å². The van der Waals surface area contributed by atoms with Gasteiger partial charge >= 0.3 is 0 Å². The maximum Gasteiger partial charge on any atom is 0.192 e. The third kappa shape index (κ3) is 9.08. The summed E-state index contributed by atoms with van der Waals surface area (Å²) in [5.74, 6) is 0. The first-order valence-electron chi connectivity index (χ1n) is 7.89. The molecule has 0 saturated heterocycles. The van der Waals surface area contributed by atoms with Gasteiger partial charge in [-0.05, 0) is 37.0 Å². The quantitative estimate of drug-likeness (QED) is 0.142. The van der Waals surface area contributed by atoms with Crippen LogP contribution in [0, 0.1) is 0 Å². The molecule has 0 aromatic carbocycles. The molecule has 0 rings (SSSR count). The lowest BCUT2D eigenvalue weighted by Gasteiger charge is -2.28. The Morgan fingerprint density at radius 2 is 1.53 bits per heavy atom. The van der Waals surface area contributed by atoms with E-state index in [1.165, 1.54) is 50.2 Å². The Hall–Kier alpha value is -0.513.